The molecule has 2 aromatic carbocycles. The van der Waals surface area contributed by atoms with Crippen molar-refractivity contribution < 1.29 is 4.79 Å². The molecule has 0 aliphatic heterocycles. The van der Waals surface area contributed by atoms with Gasteiger partial charge in [0.2, 0.25) is 0 Å². The van der Waals surface area contributed by atoms with Crippen molar-refractivity contribution >= 4 is 17.5 Å². The van der Waals surface area contributed by atoms with E-state index < -0.39 is 0 Å². The fourth-order valence-electron chi connectivity index (χ4n) is 1.84. The molecule has 2 aromatic rings. The highest BCUT2D eigenvalue weighted by atomic mass is 32.2. The Morgan fingerprint density at radius 3 is 2.00 bits per heavy atom. The lowest BCUT2D eigenvalue weighted by Crippen LogP contribution is -2.13. The average molecular weight is 284 g/mol. The number of thioether (sulfide) groups is 1. The third kappa shape index (κ3) is 4.24. The standard InChI is InChI=1S/C18H20OS/c1-18(2,3)20-13-17(19)16-11-9-15(10-12-16)14-7-5-4-6-8-14/h4-12H,13H2,1-3H3. The van der Waals surface area contributed by atoms with E-state index in [9.17, 15) is 4.79 Å². The molecule has 0 aliphatic carbocycles. The van der Waals surface area contributed by atoms with E-state index in [1.165, 1.54) is 5.56 Å². The van der Waals surface area contributed by atoms with Gasteiger partial charge in [-0.2, -0.15) is 0 Å². The second kappa shape index (κ2) is 6.27. The Bertz CT molecular complexity index is 565. The molecule has 0 saturated carbocycles. The molecule has 0 heterocycles. The monoisotopic (exact) mass is 284 g/mol. The number of benzene rings is 2. The first kappa shape index (κ1) is 14.9. The maximum absolute atomic E-state index is 12.1. The van der Waals surface area contributed by atoms with Gasteiger partial charge in [-0.25, -0.2) is 0 Å². The Hall–Kier alpha value is -1.54. The highest BCUT2D eigenvalue weighted by Crippen LogP contribution is 2.25. The Labute approximate surface area is 125 Å². The Balaban J connectivity index is 2.07. The van der Waals surface area contributed by atoms with E-state index in [2.05, 4.69) is 32.9 Å². The van der Waals surface area contributed by atoms with Crippen LogP contribution >= 0.6 is 11.8 Å². The first-order chi connectivity index (χ1) is 9.46. The van der Waals surface area contributed by atoms with E-state index in [0.717, 1.165) is 11.1 Å². The summed E-state index contributed by atoms with van der Waals surface area (Å²) in [7, 11) is 0. The zero-order valence-electron chi connectivity index (χ0n) is 12.2. The van der Waals surface area contributed by atoms with Crippen LogP contribution < -0.4 is 0 Å². The van der Waals surface area contributed by atoms with Crippen LogP contribution in [0.3, 0.4) is 0 Å². The molecule has 0 aromatic heterocycles. The summed E-state index contributed by atoms with van der Waals surface area (Å²) in [4.78, 5) is 12.1. The van der Waals surface area contributed by atoms with Gasteiger partial charge in [0.25, 0.3) is 0 Å². The predicted octanol–water partition coefficient (Wildman–Crippen LogP) is 5.07. The van der Waals surface area contributed by atoms with Gasteiger partial charge in [0, 0.05) is 10.3 Å². The second-order valence-electron chi connectivity index (χ2n) is 5.77. The smallest absolute Gasteiger partial charge is 0.172 e. The van der Waals surface area contributed by atoms with Crippen molar-refractivity contribution in [3.8, 4) is 11.1 Å². The van der Waals surface area contributed by atoms with Gasteiger partial charge in [0.05, 0.1) is 5.75 Å². The molecule has 0 saturated heterocycles. The van der Waals surface area contributed by atoms with E-state index in [1.807, 2.05) is 42.5 Å². The van der Waals surface area contributed by atoms with Crippen LogP contribution in [0.5, 0.6) is 0 Å². The first-order valence-electron chi connectivity index (χ1n) is 6.78. The van der Waals surface area contributed by atoms with Crippen molar-refractivity contribution in [1.29, 1.82) is 0 Å². The van der Waals surface area contributed by atoms with Crippen molar-refractivity contribution in [2.75, 3.05) is 5.75 Å². The van der Waals surface area contributed by atoms with Gasteiger partial charge in [-0.1, -0.05) is 75.4 Å². The minimum atomic E-state index is 0.125. The molecule has 2 heteroatoms. The lowest BCUT2D eigenvalue weighted by molar-refractivity contribution is 0.102. The molecule has 104 valence electrons. The van der Waals surface area contributed by atoms with Gasteiger partial charge in [-0.05, 0) is 11.1 Å². The van der Waals surface area contributed by atoms with Crippen LogP contribution in [0.15, 0.2) is 54.6 Å². The molecule has 0 radical (unpaired) electrons. The van der Waals surface area contributed by atoms with Crippen molar-refractivity contribution in [1.82, 2.24) is 0 Å². The number of rotatable bonds is 4. The summed E-state index contributed by atoms with van der Waals surface area (Å²) in [6.07, 6.45) is 0. The van der Waals surface area contributed by atoms with E-state index in [1.54, 1.807) is 11.8 Å². The lowest BCUT2D eigenvalue weighted by Gasteiger charge is -2.16. The molecule has 20 heavy (non-hydrogen) atoms. The number of hydrogen-bond donors (Lipinski definition) is 0. The molecule has 0 bridgehead atoms. The third-order valence-corrected chi connectivity index (χ3v) is 4.22. The first-order valence-corrected chi connectivity index (χ1v) is 7.77. The quantitative estimate of drug-likeness (QED) is 0.729. The molecule has 2 rings (SSSR count). The van der Waals surface area contributed by atoms with Gasteiger partial charge < -0.3 is 0 Å². The molecule has 0 amide bonds. The third-order valence-electron chi connectivity index (χ3n) is 2.95. The summed E-state index contributed by atoms with van der Waals surface area (Å²) < 4.78 is 0.125. The zero-order valence-corrected chi connectivity index (χ0v) is 13.0. The summed E-state index contributed by atoms with van der Waals surface area (Å²) in [5.74, 6) is 0.735. The van der Waals surface area contributed by atoms with E-state index in [-0.39, 0.29) is 10.5 Å². The fraction of sp³-hybridized carbons (Fsp3) is 0.278. The fourth-order valence-corrected chi connectivity index (χ4v) is 2.58. The van der Waals surface area contributed by atoms with Gasteiger partial charge in [-0.15, -0.1) is 11.8 Å². The zero-order chi connectivity index (χ0) is 14.6. The molecule has 0 N–H and O–H groups in total. The number of Topliss-reactive ketones (excluding diaryl/α,β-unsaturated/α-hetero) is 1. The topological polar surface area (TPSA) is 17.1 Å². The van der Waals surface area contributed by atoms with Gasteiger partial charge in [0.15, 0.2) is 5.78 Å². The van der Waals surface area contributed by atoms with E-state index in [4.69, 9.17) is 0 Å². The van der Waals surface area contributed by atoms with Crippen LogP contribution in [0.25, 0.3) is 11.1 Å². The Kier molecular flexibility index (Phi) is 4.66. The van der Waals surface area contributed by atoms with E-state index in [0.29, 0.717) is 5.75 Å². The molecule has 0 spiro atoms. The van der Waals surface area contributed by atoms with Crippen molar-refractivity contribution in [3.05, 3.63) is 60.2 Å². The van der Waals surface area contributed by atoms with Crippen LogP contribution in [-0.4, -0.2) is 16.3 Å². The van der Waals surface area contributed by atoms with Crippen molar-refractivity contribution in [3.63, 3.8) is 0 Å². The van der Waals surface area contributed by atoms with Crippen LogP contribution in [0.4, 0.5) is 0 Å². The second-order valence-corrected chi connectivity index (χ2v) is 7.57. The van der Waals surface area contributed by atoms with Gasteiger partial charge in [-0.3, -0.25) is 4.79 Å². The van der Waals surface area contributed by atoms with Crippen LogP contribution in [0.2, 0.25) is 0 Å². The highest BCUT2D eigenvalue weighted by molar-refractivity contribution is 8.01. The summed E-state index contributed by atoms with van der Waals surface area (Å²) in [6, 6.07) is 18.1. The van der Waals surface area contributed by atoms with Gasteiger partial charge >= 0.3 is 0 Å². The largest absolute Gasteiger partial charge is 0.293 e. The maximum atomic E-state index is 12.1. The van der Waals surface area contributed by atoms with E-state index >= 15 is 0 Å². The van der Waals surface area contributed by atoms with Crippen LogP contribution in [-0.2, 0) is 0 Å². The minimum absolute atomic E-state index is 0.125. The van der Waals surface area contributed by atoms with Crippen LogP contribution in [0, 0.1) is 0 Å². The normalized spacial score (nSPS) is 11.3. The number of carbonyl (C=O) groups excluding carboxylic acids is 1. The SMILES string of the molecule is CC(C)(C)SCC(=O)c1ccc(-c2ccccc2)cc1. The molecular weight excluding hydrogens is 264 g/mol. The minimum Gasteiger partial charge on any atom is -0.293 e. The molecule has 0 atom stereocenters. The average Bonchev–Trinajstić information content (AvgIpc) is 2.45. The number of ketones is 1. The molecule has 0 fully saturated rings. The summed E-state index contributed by atoms with van der Waals surface area (Å²) in [5, 5.41) is 0. The highest BCUT2D eigenvalue weighted by Gasteiger charge is 2.14. The lowest BCUT2D eigenvalue weighted by atomic mass is 10.0. The number of carbonyl (C=O) groups is 1. The summed E-state index contributed by atoms with van der Waals surface area (Å²) in [6.45, 7) is 6.39. The molecule has 0 unspecified atom stereocenters. The number of hydrogen-bond acceptors (Lipinski definition) is 2. The van der Waals surface area contributed by atoms with Crippen LogP contribution in [0.1, 0.15) is 31.1 Å². The van der Waals surface area contributed by atoms with Gasteiger partial charge in [0.1, 0.15) is 0 Å². The maximum Gasteiger partial charge on any atom is 0.172 e. The van der Waals surface area contributed by atoms with Crippen molar-refractivity contribution in [2.24, 2.45) is 0 Å². The summed E-state index contributed by atoms with van der Waals surface area (Å²) >= 11 is 1.69. The molecule has 1 nitrogen and oxygen atoms in total. The Morgan fingerprint density at radius 2 is 1.45 bits per heavy atom. The Morgan fingerprint density at radius 1 is 0.900 bits per heavy atom. The molecular formula is C18H20OS. The predicted molar refractivity (Wildman–Crippen MR) is 88.4 cm³/mol. The molecule has 0 aliphatic rings. The summed E-state index contributed by atoms with van der Waals surface area (Å²) in [5.41, 5.74) is 3.11. The van der Waals surface area contributed by atoms with Crippen molar-refractivity contribution in [2.45, 2.75) is 25.5 Å².